The zero-order chi connectivity index (χ0) is 17.4. The molecule has 2 fully saturated rings. The maximum Gasteiger partial charge on any atom is 0.230 e. The highest BCUT2D eigenvalue weighted by molar-refractivity contribution is 6.30. The van der Waals surface area contributed by atoms with E-state index in [9.17, 15) is 9.90 Å². The fraction of sp³-hybridized carbons (Fsp3) is 0.500. The molecular weight excluding hydrogens is 342 g/mol. The van der Waals surface area contributed by atoms with Gasteiger partial charge in [0.1, 0.15) is 0 Å². The van der Waals surface area contributed by atoms with Crippen LogP contribution in [0.3, 0.4) is 0 Å². The molecule has 7 heteroatoms. The van der Waals surface area contributed by atoms with E-state index in [2.05, 4.69) is 10.1 Å². The Morgan fingerprint density at radius 1 is 1.36 bits per heavy atom. The van der Waals surface area contributed by atoms with Gasteiger partial charge in [-0.05, 0) is 43.4 Å². The van der Waals surface area contributed by atoms with E-state index in [4.69, 9.17) is 16.1 Å². The van der Waals surface area contributed by atoms with Crippen LogP contribution in [0.5, 0.6) is 0 Å². The Kier molecular flexibility index (Phi) is 4.25. The minimum Gasteiger partial charge on any atom is -0.385 e. The Labute approximate surface area is 150 Å². The van der Waals surface area contributed by atoms with Gasteiger partial charge >= 0.3 is 0 Å². The van der Waals surface area contributed by atoms with Crippen LogP contribution in [0.1, 0.15) is 48.9 Å². The third kappa shape index (κ3) is 3.28. The molecule has 0 unspecified atom stereocenters. The van der Waals surface area contributed by atoms with Crippen LogP contribution in [-0.4, -0.2) is 39.1 Å². The third-order valence-electron chi connectivity index (χ3n) is 5.13. The maximum absolute atomic E-state index is 12.1. The van der Waals surface area contributed by atoms with Gasteiger partial charge in [-0.2, -0.15) is 4.98 Å². The number of halogens is 1. The normalized spacial score (nSPS) is 25.8. The molecule has 2 aromatic rings. The van der Waals surface area contributed by atoms with E-state index in [1.165, 1.54) is 0 Å². The van der Waals surface area contributed by atoms with Crippen LogP contribution in [0.4, 0.5) is 0 Å². The Balaban J connectivity index is 1.38. The van der Waals surface area contributed by atoms with Crippen molar-refractivity contribution in [3.8, 4) is 0 Å². The number of carbonyl (C=O) groups is 1. The molecule has 4 rings (SSSR count). The molecule has 1 aromatic carbocycles. The molecule has 1 saturated carbocycles. The summed E-state index contributed by atoms with van der Waals surface area (Å²) in [6.45, 7) is 1.64. The Bertz CT molecular complexity index is 779. The van der Waals surface area contributed by atoms with Gasteiger partial charge in [0, 0.05) is 24.0 Å². The molecule has 2 heterocycles. The predicted molar refractivity (Wildman–Crippen MR) is 91.1 cm³/mol. The van der Waals surface area contributed by atoms with Gasteiger partial charge < -0.3 is 14.5 Å². The van der Waals surface area contributed by atoms with Crippen molar-refractivity contribution in [2.24, 2.45) is 0 Å². The number of rotatable bonds is 4. The average molecular weight is 362 g/mol. The van der Waals surface area contributed by atoms with Gasteiger partial charge in [-0.15, -0.1) is 0 Å². The smallest absolute Gasteiger partial charge is 0.230 e. The monoisotopic (exact) mass is 361 g/mol. The Morgan fingerprint density at radius 2 is 2.12 bits per heavy atom. The van der Waals surface area contributed by atoms with Crippen LogP contribution < -0.4 is 0 Å². The summed E-state index contributed by atoms with van der Waals surface area (Å²) in [5.74, 6) is 0.974. The number of aromatic nitrogens is 2. The molecule has 0 bridgehead atoms. The zero-order valence-electron chi connectivity index (χ0n) is 13.8. The summed E-state index contributed by atoms with van der Waals surface area (Å²) in [6.07, 6.45) is 3.32. The quantitative estimate of drug-likeness (QED) is 0.905. The molecule has 25 heavy (non-hydrogen) atoms. The first kappa shape index (κ1) is 16.5. The number of amides is 1. The van der Waals surface area contributed by atoms with Gasteiger partial charge in [0.15, 0.2) is 5.82 Å². The molecule has 1 aromatic heterocycles. The largest absolute Gasteiger partial charge is 0.385 e. The molecular formula is C18H20ClN3O3. The van der Waals surface area contributed by atoms with Gasteiger partial charge in [-0.3, -0.25) is 4.79 Å². The second-order valence-corrected chi connectivity index (χ2v) is 7.40. The third-order valence-corrected chi connectivity index (χ3v) is 5.37. The standard InChI is InChI=1S/C18H20ClN3O3/c19-14-5-3-4-13(8-14)18(24)10-12(11-18)17-20-15(21-25-17)9-16(23)22-6-1-2-7-22/h3-5,8,12,24H,1-2,6-7,9-11H2. The first-order valence-corrected chi connectivity index (χ1v) is 9.00. The summed E-state index contributed by atoms with van der Waals surface area (Å²) < 4.78 is 5.32. The fourth-order valence-electron chi connectivity index (χ4n) is 3.66. The lowest BCUT2D eigenvalue weighted by atomic mass is 9.67. The number of hydrogen-bond donors (Lipinski definition) is 1. The maximum atomic E-state index is 12.1. The van der Waals surface area contributed by atoms with Crippen molar-refractivity contribution in [3.63, 3.8) is 0 Å². The zero-order valence-corrected chi connectivity index (χ0v) is 14.6. The van der Waals surface area contributed by atoms with Crippen LogP contribution >= 0.6 is 11.6 Å². The van der Waals surface area contributed by atoms with Gasteiger partial charge in [-0.1, -0.05) is 28.9 Å². The molecule has 0 atom stereocenters. The van der Waals surface area contributed by atoms with Crippen LogP contribution in [-0.2, 0) is 16.8 Å². The summed E-state index contributed by atoms with van der Waals surface area (Å²) in [5.41, 5.74) is -0.101. The second kappa shape index (κ2) is 6.42. The van der Waals surface area contributed by atoms with E-state index in [0.717, 1.165) is 31.5 Å². The molecule has 1 aliphatic heterocycles. The Hall–Kier alpha value is -1.92. The lowest BCUT2D eigenvalue weighted by Crippen LogP contribution is -2.39. The summed E-state index contributed by atoms with van der Waals surface area (Å²) in [5, 5.41) is 15.3. The highest BCUT2D eigenvalue weighted by Gasteiger charge is 2.47. The molecule has 132 valence electrons. The fourth-order valence-corrected chi connectivity index (χ4v) is 3.85. The molecule has 6 nitrogen and oxygen atoms in total. The number of aliphatic hydroxyl groups is 1. The number of nitrogens with zero attached hydrogens (tertiary/aromatic N) is 3. The van der Waals surface area contributed by atoms with E-state index < -0.39 is 5.60 Å². The van der Waals surface area contributed by atoms with Gasteiger partial charge in [0.25, 0.3) is 0 Å². The molecule has 0 radical (unpaired) electrons. The summed E-state index contributed by atoms with van der Waals surface area (Å²) >= 11 is 6.00. The van der Waals surface area contributed by atoms with Crippen molar-refractivity contribution in [3.05, 3.63) is 46.6 Å². The van der Waals surface area contributed by atoms with Crippen LogP contribution in [0.2, 0.25) is 5.02 Å². The lowest BCUT2D eigenvalue weighted by molar-refractivity contribution is -0.129. The number of likely N-dealkylation sites (tertiary alicyclic amines) is 1. The molecule has 1 amide bonds. The van der Waals surface area contributed by atoms with E-state index >= 15 is 0 Å². The van der Waals surface area contributed by atoms with Crippen molar-refractivity contribution in [1.29, 1.82) is 0 Å². The van der Waals surface area contributed by atoms with Crippen molar-refractivity contribution >= 4 is 17.5 Å². The van der Waals surface area contributed by atoms with Crippen molar-refractivity contribution in [1.82, 2.24) is 15.0 Å². The van der Waals surface area contributed by atoms with Crippen LogP contribution in [0.15, 0.2) is 28.8 Å². The minimum atomic E-state index is -0.907. The van der Waals surface area contributed by atoms with Crippen molar-refractivity contribution in [2.75, 3.05) is 13.1 Å². The molecule has 1 N–H and O–H groups in total. The highest BCUT2D eigenvalue weighted by Crippen LogP contribution is 2.50. The van der Waals surface area contributed by atoms with Gasteiger partial charge in [0.05, 0.1) is 12.0 Å². The Morgan fingerprint density at radius 3 is 2.84 bits per heavy atom. The molecule has 1 aliphatic carbocycles. The number of benzene rings is 1. The van der Waals surface area contributed by atoms with Crippen molar-refractivity contribution in [2.45, 2.75) is 43.6 Å². The molecule has 0 spiro atoms. The number of hydrogen-bond acceptors (Lipinski definition) is 5. The first-order valence-electron chi connectivity index (χ1n) is 8.62. The van der Waals surface area contributed by atoms with E-state index in [-0.39, 0.29) is 18.2 Å². The van der Waals surface area contributed by atoms with E-state index in [0.29, 0.717) is 29.6 Å². The topological polar surface area (TPSA) is 79.5 Å². The SMILES string of the molecule is O=C(Cc1noc(C2CC(O)(c3cccc(Cl)c3)C2)n1)N1CCCC1. The van der Waals surface area contributed by atoms with Gasteiger partial charge in [-0.25, -0.2) is 0 Å². The summed E-state index contributed by atoms with van der Waals surface area (Å²) in [7, 11) is 0. The van der Waals surface area contributed by atoms with Crippen LogP contribution in [0, 0.1) is 0 Å². The van der Waals surface area contributed by atoms with Gasteiger partial charge in [0.2, 0.25) is 11.8 Å². The van der Waals surface area contributed by atoms with E-state index in [1.54, 1.807) is 12.1 Å². The molecule has 1 saturated heterocycles. The average Bonchev–Trinajstić information content (AvgIpc) is 3.23. The second-order valence-electron chi connectivity index (χ2n) is 6.96. The minimum absolute atomic E-state index is 0.00659. The number of carbonyl (C=O) groups excluding carboxylic acids is 1. The predicted octanol–water partition coefficient (Wildman–Crippen LogP) is 2.65. The van der Waals surface area contributed by atoms with E-state index in [1.807, 2.05) is 17.0 Å². The lowest BCUT2D eigenvalue weighted by Gasteiger charge is -2.42. The van der Waals surface area contributed by atoms with Crippen molar-refractivity contribution < 1.29 is 14.4 Å². The van der Waals surface area contributed by atoms with Crippen LogP contribution in [0.25, 0.3) is 0 Å². The first-order chi connectivity index (χ1) is 12.0. The highest BCUT2D eigenvalue weighted by atomic mass is 35.5. The summed E-state index contributed by atoms with van der Waals surface area (Å²) in [4.78, 5) is 18.4. The molecule has 2 aliphatic rings. The summed E-state index contributed by atoms with van der Waals surface area (Å²) in [6, 6.07) is 7.27.